The van der Waals surface area contributed by atoms with Crippen molar-refractivity contribution in [2.75, 3.05) is 6.54 Å². The van der Waals surface area contributed by atoms with Crippen LogP contribution in [-0.2, 0) is 0 Å². The minimum absolute atomic E-state index is 0.194. The van der Waals surface area contributed by atoms with Crippen molar-refractivity contribution in [3.63, 3.8) is 0 Å². The minimum Gasteiger partial charge on any atom is -0.393 e. The van der Waals surface area contributed by atoms with E-state index in [1.807, 2.05) is 13.8 Å². The molecule has 0 aromatic rings. The second-order valence-corrected chi connectivity index (χ2v) is 6.45. The van der Waals surface area contributed by atoms with E-state index >= 15 is 0 Å². The summed E-state index contributed by atoms with van der Waals surface area (Å²) in [5, 5.41) is 19.0. The van der Waals surface area contributed by atoms with E-state index in [1.54, 1.807) is 0 Å². The zero-order valence-corrected chi connectivity index (χ0v) is 13.0. The van der Waals surface area contributed by atoms with Crippen LogP contribution in [-0.4, -0.2) is 45.9 Å². The maximum atomic E-state index is 9.62. The molecule has 2 N–H and O–H groups in total. The number of hydrogen-bond donors (Lipinski definition) is 2. The van der Waals surface area contributed by atoms with Crippen LogP contribution in [0.15, 0.2) is 0 Å². The largest absolute Gasteiger partial charge is 0.393 e. The van der Waals surface area contributed by atoms with E-state index in [4.69, 9.17) is 0 Å². The van der Waals surface area contributed by atoms with Crippen LogP contribution < -0.4 is 0 Å². The topological polar surface area (TPSA) is 43.7 Å². The third-order valence-corrected chi connectivity index (χ3v) is 4.33. The number of aliphatic hydroxyl groups excluding tert-OH is 2. The van der Waals surface area contributed by atoms with Gasteiger partial charge >= 0.3 is 0 Å². The maximum Gasteiger partial charge on any atom is 0.0526 e. The normalized spacial score (nSPS) is 22.4. The van der Waals surface area contributed by atoms with Gasteiger partial charge in [0.1, 0.15) is 0 Å². The molecule has 1 fully saturated rings. The van der Waals surface area contributed by atoms with E-state index in [-0.39, 0.29) is 12.2 Å². The summed E-state index contributed by atoms with van der Waals surface area (Å²) in [4.78, 5) is 2.59. The molecular formula is C16H33NO2. The van der Waals surface area contributed by atoms with Crippen LogP contribution in [0.3, 0.4) is 0 Å². The van der Waals surface area contributed by atoms with Gasteiger partial charge in [0.25, 0.3) is 0 Å². The molecule has 1 aliphatic carbocycles. The molecule has 0 aliphatic heterocycles. The van der Waals surface area contributed by atoms with Gasteiger partial charge in [0.2, 0.25) is 0 Å². The molecule has 0 bridgehead atoms. The Balaban J connectivity index is 2.50. The molecule has 114 valence electrons. The molecule has 3 unspecified atom stereocenters. The molecule has 0 aromatic heterocycles. The molecule has 0 radical (unpaired) electrons. The molecule has 0 heterocycles. The van der Waals surface area contributed by atoms with E-state index < -0.39 is 0 Å². The number of rotatable bonds is 8. The highest BCUT2D eigenvalue weighted by atomic mass is 16.3. The third kappa shape index (κ3) is 6.73. The van der Waals surface area contributed by atoms with Gasteiger partial charge in [-0.05, 0) is 59.4 Å². The van der Waals surface area contributed by atoms with Crippen LogP contribution in [0.1, 0.15) is 72.1 Å². The second kappa shape index (κ2) is 8.93. The van der Waals surface area contributed by atoms with Crippen molar-refractivity contribution in [2.45, 2.75) is 96.4 Å². The van der Waals surface area contributed by atoms with Gasteiger partial charge < -0.3 is 10.2 Å². The number of nitrogens with zero attached hydrogens (tertiary/aromatic N) is 1. The summed E-state index contributed by atoms with van der Waals surface area (Å²) in [5.74, 6) is 0. The van der Waals surface area contributed by atoms with Gasteiger partial charge in [-0.3, -0.25) is 4.90 Å². The average Bonchev–Trinajstić information content (AvgIpc) is 2.34. The van der Waals surface area contributed by atoms with E-state index in [9.17, 15) is 10.2 Å². The molecule has 1 saturated carbocycles. The van der Waals surface area contributed by atoms with Crippen LogP contribution in [0.4, 0.5) is 0 Å². The van der Waals surface area contributed by atoms with Gasteiger partial charge in [0.05, 0.1) is 12.2 Å². The Morgan fingerprint density at radius 1 is 1.00 bits per heavy atom. The lowest BCUT2D eigenvalue weighted by atomic mass is 9.92. The molecule has 0 amide bonds. The summed E-state index contributed by atoms with van der Waals surface area (Å²) in [6.45, 7) is 7.04. The van der Waals surface area contributed by atoms with Gasteiger partial charge in [-0.15, -0.1) is 0 Å². The lowest BCUT2D eigenvalue weighted by Crippen LogP contribution is -2.44. The van der Waals surface area contributed by atoms with Gasteiger partial charge in [0.15, 0.2) is 0 Å². The lowest BCUT2D eigenvalue weighted by molar-refractivity contribution is 0.0677. The van der Waals surface area contributed by atoms with Crippen molar-refractivity contribution < 1.29 is 10.2 Å². The summed E-state index contributed by atoms with van der Waals surface area (Å²) >= 11 is 0. The van der Waals surface area contributed by atoms with Gasteiger partial charge in [-0.25, -0.2) is 0 Å². The molecule has 0 saturated heterocycles. The summed E-state index contributed by atoms with van der Waals surface area (Å²) in [7, 11) is 0. The Morgan fingerprint density at radius 2 is 1.63 bits per heavy atom. The van der Waals surface area contributed by atoms with Crippen molar-refractivity contribution in [3.05, 3.63) is 0 Å². The summed E-state index contributed by atoms with van der Waals surface area (Å²) in [6.07, 6.45) is 9.05. The molecular weight excluding hydrogens is 238 g/mol. The second-order valence-electron chi connectivity index (χ2n) is 6.45. The molecule has 0 spiro atoms. The van der Waals surface area contributed by atoms with Crippen LogP contribution in [0.2, 0.25) is 0 Å². The fourth-order valence-electron chi connectivity index (χ4n) is 3.37. The standard InChI is InChI=1S/C16H33NO2/c1-13(12-15(3)19)17(11-7-8-14(2)18)16-9-5-4-6-10-16/h13-16,18-19H,4-12H2,1-3H3. The van der Waals surface area contributed by atoms with Crippen molar-refractivity contribution in [2.24, 2.45) is 0 Å². The van der Waals surface area contributed by atoms with Gasteiger partial charge in [0, 0.05) is 12.1 Å². The quantitative estimate of drug-likeness (QED) is 0.713. The SMILES string of the molecule is CC(O)CCCN(C(C)CC(C)O)C1CCCCC1. The molecule has 3 atom stereocenters. The smallest absolute Gasteiger partial charge is 0.0526 e. The zero-order chi connectivity index (χ0) is 14.3. The first-order chi connectivity index (χ1) is 9.00. The van der Waals surface area contributed by atoms with Crippen LogP contribution in [0.25, 0.3) is 0 Å². The first-order valence-electron chi connectivity index (χ1n) is 8.12. The average molecular weight is 271 g/mol. The summed E-state index contributed by atoms with van der Waals surface area (Å²) < 4.78 is 0. The van der Waals surface area contributed by atoms with E-state index in [1.165, 1.54) is 32.1 Å². The zero-order valence-electron chi connectivity index (χ0n) is 13.0. The predicted octanol–water partition coefficient (Wildman–Crippen LogP) is 2.94. The van der Waals surface area contributed by atoms with Crippen molar-refractivity contribution in [1.29, 1.82) is 0 Å². The predicted molar refractivity (Wildman–Crippen MR) is 80.3 cm³/mol. The summed E-state index contributed by atoms with van der Waals surface area (Å²) in [6, 6.07) is 1.13. The Kier molecular flexibility index (Phi) is 7.96. The van der Waals surface area contributed by atoms with E-state index in [0.717, 1.165) is 25.8 Å². The molecule has 3 nitrogen and oxygen atoms in total. The van der Waals surface area contributed by atoms with E-state index in [2.05, 4.69) is 11.8 Å². The monoisotopic (exact) mass is 271 g/mol. The fourth-order valence-corrected chi connectivity index (χ4v) is 3.37. The fraction of sp³-hybridized carbons (Fsp3) is 1.00. The van der Waals surface area contributed by atoms with Crippen molar-refractivity contribution in [1.82, 2.24) is 4.90 Å². The lowest BCUT2D eigenvalue weighted by Gasteiger charge is -2.39. The van der Waals surface area contributed by atoms with Gasteiger partial charge in [-0.2, -0.15) is 0 Å². The van der Waals surface area contributed by atoms with E-state index in [0.29, 0.717) is 12.1 Å². The Hall–Kier alpha value is -0.120. The van der Waals surface area contributed by atoms with Crippen LogP contribution in [0, 0.1) is 0 Å². The molecule has 3 heteroatoms. The number of hydrogen-bond acceptors (Lipinski definition) is 3. The van der Waals surface area contributed by atoms with Gasteiger partial charge in [-0.1, -0.05) is 19.3 Å². The number of aliphatic hydroxyl groups is 2. The molecule has 0 aromatic carbocycles. The third-order valence-electron chi connectivity index (χ3n) is 4.33. The van der Waals surface area contributed by atoms with Crippen molar-refractivity contribution >= 4 is 0 Å². The highest BCUT2D eigenvalue weighted by Gasteiger charge is 2.25. The Bertz CT molecular complexity index is 225. The Labute approximate surface area is 119 Å². The Morgan fingerprint density at radius 3 is 2.16 bits per heavy atom. The highest BCUT2D eigenvalue weighted by Crippen LogP contribution is 2.25. The first kappa shape index (κ1) is 16.9. The highest BCUT2D eigenvalue weighted by molar-refractivity contribution is 4.80. The first-order valence-corrected chi connectivity index (χ1v) is 8.12. The summed E-state index contributed by atoms with van der Waals surface area (Å²) in [5.41, 5.74) is 0. The van der Waals surface area contributed by atoms with Crippen molar-refractivity contribution in [3.8, 4) is 0 Å². The van der Waals surface area contributed by atoms with Crippen LogP contribution >= 0.6 is 0 Å². The molecule has 19 heavy (non-hydrogen) atoms. The van der Waals surface area contributed by atoms with Crippen LogP contribution in [0.5, 0.6) is 0 Å². The molecule has 1 aliphatic rings. The maximum absolute atomic E-state index is 9.62. The minimum atomic E-state index is -0.224. The molecule has 1 rings (SSSR count).